The topological polar surface area (TPSA) is 61.6 Å². The van der Waals surface area contributed by atoms with Crippen LogP contribution in [0.15, 0.2) is 60.7 Å². The van der Waals surface area contributed by atoms with Crippen molar-refractivity contribution in [3.63, 3.8) is 0 Å². The van der Waals surface area contributed by atoms with E-state index in [9.17, 15) is 4.79 Å². The summed E-state index contributed by atoms with van der Waals surface area (Å²) in [6, 6.07) is 18.4. The number of benzene rings is 2. The number of hydrogen-bond donors (Lipinski definition) is 1. The number of carbonyl (C=O) groups excluding carboxylic acids is 1. The van der Waals surface area contributed by atoms with E-state index in [-0.39, 0.29) is 12.7 Å². The van der Waals surface area contributed by atoms with Gasteiger partial charge in [-0.3, -0.25) is 4.79 Å². The Morgan fingerprint density at radius 3 is 2.19 bits per heavy atom. The first kappa shape index (κ1) is 15.1. The van der Waals surface area contributed by atoms with E-state index in [1.54, 1.807) is 6.92 Å². The normalized spacial score (nSPS) is 13.2. The standard InChI is InChI=1S/C17H19NO3/c1-13(18)17(19)20-12-16(14-8-4-2-5-9-14)21-15-10-6-3-7-11-15/h2-11,13,16H,12,18H2,1H3. The van der Waals surface area contributed by atoms with Crippen LogP contribution >= 0.6 is 0 Å². The minimum absolute atomic E-state index is 0.124. The maximum absolute atomic E-state index is 11.5. The summed E-state index contributed by atoms with van der Waals surface area (Å²) in [5, 5.41) is 0. The van der Waals surface area contributed by atoms with Gasteiger partial charge in [0.15, 0.2) is 6.10 Å². The lowest BCUT2D eigenvalue weighted by Crippen LogP contribution is -2.30. The molecule has 0 radical (unpaired) electrons. The molecule has 4 nitrogen and oxygen atoms in total. The van der Waals surface area contributed by atoms with Gasteiger partial charge in [0, 0.05) is 0 Å². The van der Waals surface area contributed by atoms with Crippen LogP contribution in [0.3, 0.4) is 0 Å². The van der Waals surface area contributed by atoms with Crippen LogP contribution < -0.4 is 10.5 Å². The van der Waals surface area contributed by atoms with Crippen LogP contribution in [0.1, 0.15) is 18.6 Å². The molecule has 0 heterocycles. The molecule has 2 aromatic carbocycles. The lowest BCUT2D eigenvalue weighted by molar-refractivity contribution is -0.147. The van der Waals surface area contributed by atoms with E-state index in [1.807, 2.05) is 60.7 Å². The van der Waals surface area contributed by atoms with Crippen molar-refractivity contribution in [2.75, 3.05) is 6.61 Å². The first-order chi connectivity index (χ1) is 10.2. The van der Waals surface area contributed by atoms with E-state index >= 15 is 0 Å². The van der Waals surface area contributed by atoms with Crippen molar-refractivity contribution in [3.8, 4) is 5.75 Å². The van der Waals surface area contributed by atoms with Gasteiger partial charge in [-0.25, -0.2) is 0 Å². The third kappa shape index (κ3) is 4.61. The van der Waals surface area contributed by atoms with E-state index in [4.69, 9.17) is 15.2 Å². The zero-order valence-electron chi connectivity index (χ0n) is 11.9. The van der Waals surface area contributed by atoms with E-state index in [0.29, 0.717) is 0 Å². The van der Waals surface area contributed by atoms with Crippen LogP contribution in [0.5, 0.6) is 5.75 Å². The molecule has 0 aromatic heterocycles. The van der Waals surface area contributed by atoms with Gasteiger partial charge in [-0.2, -0.15) is 0 Å². The molecule has 4 heteroatoms. The van der Waals surface area contributed by atoms with Crippen LogP contribution in [0.4, 0.5) is 0 Å². The maximum Gasteiger partial charge on any atom is 0.322 e. The van der Waals surface area contributed by atoms with Gasteiger partial charge in [0.2, 0.25) is 0 Å². The van der Waals surface area contributed by atoms with Crippen LogP contribution in [-0.2, 0) is 9.53 Å². The Bertz CT molecular complexity index is 555. The Kier molecular flexibility index (Phi) is 5.35. The summed E-state index contributed by atoms with van der Waals surface area (Å²) in [4.78, 5) is 11.5. The molecule has 0 aliphatic rings. The van der Waals surface area contributed by atoms with Crippen LogP contribution in [-0.4, -0.2) is 18.6 Å². The second-order valence-electron chi connectivity index (χ2n) is 4.75. The molecule has 0 amide bonds. The maximum atomic E-state index is 11.5. The van der Waals surface area contributed by atoms with Gasteiger partial charge in [-0.1, -0.05) is 48.5 Å². The summed E-state index contributed by atoms with van der Waals surface area (Å²) >= 11 is 0. The van der Waals surface area contributed by atoms with Gasteiger partial charge in [0.25, 0.3) is 0 Å². The predicted octanol–water partition coefficient (Wildman–Crippen LogP) is 2.70. The van der Waals surface area contributed by atoms with Crippen molar-refractivity contribution in [3.05, 3.63) is 66.2 Å². The fourth-order valence-corrected chi connectivity index (χ4v) is 1.82. The molecule has 0 bridgehead atoms. The third-order valence-corrected chi connectivity index (χ3v) is 2.94. The van der Waals surface area contributed by atoms with Gasteiger partial charge in [0.1, 0.15) is 18.4 Å². The highest BCUT2D eigenvalue weighted by Gasteiger charge is 2.17. The first-order valence-electron chi connectivity index (χ1n) is 6.85. The fraction of sp³-hybridized carbons (Fsp3) is 0.235. The number of rotatable bonds is 6. The molecule has 21 heavy (non-hydrogen) atoms. The molecule has 2 N–H and O–H groups in total. The first-order valence-corrected chi connectivity index (χ1v) is 6.85. The Hall–Kier alpha value is -2.33. The number of esters is 1. The quantitative estimate of drug-likeness (QED) is 0.829. The van der Waals surface area contributed by atoms with E-state index in [1.165, 1.54) is 0 Å². The molecule has 2 aromatic rings. The molecule has 2 atom stereocenters. The fourth-order valence-electron chi connectivity index (χ4n) is 1.82. The van der Waals surface area contributed by atoms with Crippen LogP contribution in [0.25, 0.3) is 0 Å². The van der Waals surface area contributed by atoms with E-state index < -0.39 is 12.0 Å². The second kappa shape index (κ2) is 7.45. The molecule has 0 aliphatic carbocycles. The van der Waals surface area contributed by atoms with Crippen molar-refractivity contribution in [1.29, 1.82) is 0 Å². The average Bonchev–Trinajstić information content (AvgIpc) is 2.52. The highest BCUT2D eigenvalue weighted by atomic mass is 16.6. The zero-order chi connectivity index (χ0) is 15.1. The van der Waals surface area contributed by atoms with E-state index in [2.05, 4.69) is 0 Å². The zero-order valence-corrected chi connectivity index (χ0v) is 11.9. The predicted molar refractivity (Wildman–Crippen MR) is 80.9 cm³/mol. The molecule has 0 saturated carbocycles. The summed E-state index contributed by atoms with van der Waals surface area (Å²) in [7, 11) is 0. The Morgan fingerprint density at radius 2 is 1.62 bits per heavy atom. The summed E-state index contributed by atoms with van der Waals surface area (Å²) < 4.78 is 11.1. The van der Waals surface area contributed by atoms with Crippen LogP contribution in [0, 0.1) is 0 Å². The number of carbonyl (C=O) groups is 1. The molecule has 0 fully saturated rings. The summed E-state index contributed by atoms with van der Waals surface area (Å²) in [5.74, 6) is 0.288. The highest BCUT2D eigenvalue weighted by Crippen LogP contribution is 2.22. The monoisotopic (exact) mass is 285 g/mol. The molecular formula is C17H19NO3. The Labute approximate surface area is 124 Å². The molecule has 2 unspecified atom stereocenters. The van der Waals surface area contributed by atoms with Crippen LogP contribution in [0.2, 0.25) is 0 Å². The lowest BCUT2D eigenvalue weighted by atomic mass is 10.1. The molecule has 0 spiro atoms. The van der Waals surface area contributed by atoms with Crippen molar-refractivity contribution in [2.45, 2.75) is 19.1 Å². The second-order valence-corrected chi connectivity index (χ2v) is 4.75. The van der Waals surface area contributed by atoms with Gasteiger partial charge in [0.05, 0.1) is 0 Å². The number of para-hydroxylation sites is 1. The smallest absolute Gasteiger partial charge is 0.322 e. The summed E-state index contributed by atoms with van der Waals surface area (Å²) in [6.07, 6.45) is -0.365. The van der Waals surface area contributed by atoms with Crippen molar-refractivity contribution < 1.29 is 14.3 Å². The molecule has 0 aliphatic heterocycles. The van der Waals surface area contributed by atoms with Gasteiger partial charge >= 0.3 is 5.97 Å². The number of hydrogen-bond acceptors (Lipinski definition) is 4. The van der Waals surface area contributed by atoms with E-state index in [0.717, 1.165) is 11.3 Å². The number of ether oxygens (including phenoxy) is 2. The lowest BCUT2D eigenvalue weighted by Gasteiger charge is -2.20. The Morgan fingerprint density at radius 1 is 1.05 bits per heavy atom. The molecule has 110 valence electrons. The summed E-state index contributed by atoms with van der Waals surface area (Å²) in [6.45, 7) is 1.72. The van der Waals surface area contributed by atoms with Crippen molar-refractivity contribution >= 4 is 5.97 Å². The molecular weight excluding hydrogens is 266 g/mol. The number of nitrogens with two attached hydrogens (primary N) is 1. The third-order valence-electron chi connectivity index (χ3n) is 2.94. The van der Waals surface area contributed by atoms with Gasteiger partial charge in [-0.15, -0.1) is 0 Å². The minimum atomic E-state index is -0.641. The minimum Gasteiger partial charge on any atom is -0.482 e. The van der Waals surface area contributed by atoms with Crippen molar-refractivity contribution in [1.82, 2.24) is 0 Å². The average molecular weight is 285 g/mol. The SMILES string of the molecule is CC(N)C(=O)OCC(Oc1ccccc1)c1ccccc1. The Balaban J connectivity index is 2.09. The largest absolute Gasteiger partial charge is 0.482 e. The molecule has 0 saturated heterocycles. The van der Waals surface area contributed by atoms with Crippen molar-refractivity contribution in [2.24, 2.45) is 5.73 Å². The van der Waals surface area contributed by atoms with Gasteiger partial charge < -0.3 is 15.2 Å². The highest BCUT2D eigenvalue weighted by molar-refractivity contribution is 5.74. The summed E-state index contributed by atoms with van der Waals surface area (Å²) in [5.41, 5.74) is 6.44. The van der Waals surface area contributed by atoms with Gasteiger partial charge in [-0.05, 0) is 24.6 Å². The molecule has 2 rings (SSSR count).